The number of alkyl halides is 3. The topological polar surface area (TPSA) is 64.4 Å². The van der Waals surface area contributed by atoms with Crippen LogP contribution in [0, 0.1) is 0 Å². The first-order chi connectivity index (χ1) is 12.5. The van der Waals surface area contributed by atoms with Gasteiger partial charge in [-0.3, -0.25) is 4.79 Å². The number of aryl methyl sites for hydroxylation is 1. The van der Waals surface area contributed by atoms with Crippen LogP contribution in [0.15, 0.2) is 47.3 Å². The Bertz CT molecular complexity index is 1050. The molecule has 2 aromatic carbocycles. The summed E-state index contributed by atoms with van der Waals surface area (Å²) in [6.45, 7) is 2.98. The van der Waals surface area contributed by atoms with E-state index in [9.17, 15) is 23.1 Å². The van der Waals surface area contributed by atoms with Gasteiger partial charge in [-0.15, -0.1) is 13.2 Å². The van der Waals surface area contributed by atoms with Crippen molar-refractivity contribution in [3.8, 4) is 16.9 Å². The molecule has 0 atom stereocenters. The molecule has 1 aromatic heterocycles. The average Bonchev–Trinajstić information content (AvgIpc) is 2.56. The molecule has 0 aliphatic carbocycles. The molecule has 27 heavy (non-hydrogen) atoms. The fourth-order valence-electron chi connectivity index (χ4n) is 2.75. The van der Waals surface area contributed by atoms with Crippen molar-refractivity contribution in [3.63, 3.8) is 0 Å². The van der Waals surface area contributed by atoms with Crippen LogP contribution in [0.3, 0.4) is 0 Å². The molecule has 0 saturated heterocycles. The van der Waals surface area contributed by atoms with Crippen LogP contribution in [-0.2, 0) is 12.6 Å². The maximum atomic E-state index is 12.5. The van der Waals surface area contributed by atoms with Crippen molar-refractivity contribution in [2.75, 3.05) is 0 Å². The minimum absolute atomic E-state index is 0.0407. The quantitative estimate of drug-likeness (QED) is 0.754. The van der Waals surface area contributed by atoms with E-state index in [2.05, 4.69) is 9.72 Å². The number of fused-ring (bicyclic) bond motifs is 1. The van der Waals surface area contributed by atoms with Gasteiger partial charge in [0.25, 0.3) is 5.56 Å². The highest BCUT2D eigenvalue weighted by Gasteiger charge is 2.31. The third kappa shape index (κ3) is 3.95. The van der Waals surface area contributed by atoms with Crippen LogP contribution in [0.4, 0.5) is 13.2 Å². The van der Waals surface area contributed by atoms with E-state index in [0.717, 1.165) is 0 Å². The molecule has 8 heteroatoms. The van der Waals surface area contributed by atoms with Crippen molar-refractivity contribution in [2.45, 2.75) is 25.8 Å². The van der Waals surface area contributed by atoms with Crippen LogP contribution < -0.4 is 10.3 Å². The zero-order chi connectivity index (χ0) is 20.0. The van der Waals surface area contributed by atoms with Gasteiger partial charge < -0.3 is 14.4 Å². The second kappa shape index (κ2) is 6.38. The largest absolute Gasteiger partial charge is 0.573 e. The van der Waals surface area contributed by atoms with Crippen molar-refractivity contribution in [2.24, 2.45) is 7.05 Å². The summed E-state index contributed by atoms with van der Waals surface area (Å²) < 4.78 is 42.0. The van der Waals surface area contributed by atoms with Gasteiger partial charge in [-0.05, 0) is 49.2 Å². The van der Waals surface area contributed by atoms with E-state index < -0.39 is 17.5 Å². The van der Waals surface area contributed by atoms with Gasteiger partial charge in [-0.25, -0.2) is 4.98 Å². The molecule has 0 fully saturated rings. The number of aromatic nitrogens is 2. The number of hydrogen-bond acceptors (Lipinski definition) is 4. The Labute approximate surface area is 152 Å². The van der Waals surface area contributed by atoms with Crippen molar-refractivity contribution >= 4 is 11.0 Å². The Balaban J connectivity index is 2.05. The summed E-state index contributed by atoms with van der Waals surface area (Å²) in [6, 6.07) is 10.6. The summed E-state index contributed by atoms with van der Waals surface area (Å²) in [5, 5.41) is 10.1. The summed E-state index contributed by atoms with van der Waals surface area (Å²) >= 11 is 0. The molecule has 0 unspecified atom stereocenters. The van der Waals surface area contributed by atoms with E-state index in [1.54, 1.807) is 25.2 Å². The normalized spacial score (nSPS) is 12.4. The molecule has 0 saturated carbocycles. The Morgan fingerprint density at radius 1 is 1.04 bits per heavy atom. The first kappa shape index (κ1) is 18.9. The standard InChI is InChI=1S/C19H17F3N2O3/c1-18(2,26)16-17(25)24(3)15-10-12(6-9-14(15)23-16)11-4-7-13(8-5-11)27-19(20,21)22/h4-10,26H,1-3H3. The molecular formula is C19H17F3N2O3. The number of ether oxygens (including phenoxy) is 1. The summed E-state index contributed by atoms with van der Waals surface area (Å²) in [4.78, 5) is 16.7. The smallest absolute Gasteiger partial charge is 0.406 e. The minimum Gasteiger partial charge on any atom is -0.406 e. The van der Waals surface area contributed by atoms with E-state index >= 15 is 0 Å². The SMILES string of the molecule is Cn1c(=O)c(C(C)(C)O)nc2ccc(-c3ccc(OC(F)(F)F)cc3)cc21. The van der Waals surface area contributed by atoms with E-state index in [0.29, 0.717) is 22.2 Å². The number of rotatable bonds is 3. The van der Waals surface area contributed by atoms with E-state index in [1.165, 1.54) is 42.7 Å². The van der Waals surface area contributed by atoms with Gasteiger partial charge >= 0.3 is 6.36 Å². The second-order valence-electron chi connectivity index (χ2n) is 6.66. The lowest BCUT2D eigenvalue weighted by Crippen LogP contribution is -2.32. The molecule has 0 amide bonds. The Kier molecular flexibility index (Phi) is 4.47. The predicted molar refractivity (Wildman–Crippen MR) is 94.3 cm³/mol. The Morgan fingerprint density at radius 2 is 1.63 bits per heavy atom. The molecule has 0 aliphatic heterocycles. The maximum Gasteiger partial charge on any atom is 0.573 e. The number of hydrogen-bond donors (Lipinski definition) is 1. The molecule has 0 aliphatic rings. The van der Waals surface area contributed by atoms with Crippen LogP contribution in [0.1, 0.15) is 19.5 Å². The average molecular weight is 378 g/mol. The zero-order valence-corrected chi connectivity index (χ0v) is 14.8. The van der Waals surface area contributed by atoms with Crippen LogP contribution >= 0.6 is 0 Å². The maximum absolute atomic E-state index is 12.5. The van der Waals surface area contributed by atoms with Crippen LogP contribution in [0.25, 0.3) is 22.2 Å². The lowest BCUT2D eigenvalue weighted by Gasteiger charge is -2.18. The third-order valence-corrected chi connectivity index (χ3v) is 4.08. The number of aliphatic hydroxyl groups is 1. The fraction of sp³-hybridized carbons (Fsp3) is 0.263. The second-order valence-corrected chi connectivity index (χ2v) is 6.66. The molecule has 0 bridgehead atoms. The van der Waals surface area contributed by atoms with Gasteiger partial charge in [0.15, 0.2) is 0 Å². The van der Waals surface area contributed by atoms with E-state index in [-0.39, 0.29) is 11.4 Å². The van der Waals surface area contributed by atoms with Gasteiger partial charge in [0.05, 0.1) is 11.0 Å². The van der Waals surface area contributed by atoms with Crippen molar-refractivity contribution < 1.29 is 23.0 Å². The van der Waals surface area contributed by atoms with E-state index in [1.807, 2.05) is 0 Å². The molecule has 1 N–H and O–H groups in total. The predicted octanol–water partition coefficient (Wildman–Crippen LogP) is 3.73. The first-order valence-electron chi connectivity index (χ1n) is 8.05. The summed E-state index contributed by atoms with van der Waals surface area (Å²) in [5.41, 5.74) is 0.672. The first-order valence-corrected chi connectivity index (χ1v) is 8.05. The molecular weight excluding hydrogens is 361 g/mol. The summed E-state index contributed by atoms with van der Waals surface area (Å²) in [5.74, 6) is -0.309. The Hall–Kier alpha value is -2.87. The van der Waals surface area contributed by atoms with Gasteiger partial charge in [0, 0.05) is 7.05 Å². The van der Waals surface area contributed by atoms with Crippen molar-refractivity contribution in [3.05, 3.63) is 58.5 Å². The highest BCUT2D eigenvalue weighted by Crippen LogP contribution is 2.28. The molecule has 0 radical (unpaired) electrons. The highest BCUT2D eigenvalue weighted by atomic mass is 19.4. The number of nitrogens with zero attached hydrogens (tertiary/aromatic N) is 2. The van der Waals surface area contributed by atoms with Crippen LogP contribution in [0.5, 0.6) is 5.75 Å². The molecule has 142 valence electrons. The lowest BCUT2D eigenvalue weighted by molar-refractivity contribution is -0.274. The molecule has 0 spiro atoms. The van der Waals surface area contributed by atoms with Crippen LogP contribution in [-0.4, -0.2) is 21.0 Å². The highest BCUT2D eigenvalue weighted by molar-refractivity contribution is 5.82. The minimum atomic E-state index is -4.74. The van der Waals surface area contributed by atoms with E-state index in [4.69, 9.17) is 0 Å². The van der Waals surface area contributed by atoms with Crippen molar-refractivity contribution in [1.29, 1.82) is 0 Å². The molecule has 3 rings (SSSR count). The molecule has 3 aromatic rings. The number of benzene rings is 2. The monoisotopic (exact) mass is 378 g/mol. The fourth-order valence-corrected chi connectivity index (χ4v) is 2.75. The summed E-state index contributed by atoms with van der Waals surface area (Å²) in [7, 11) is 1.58. The zero-order valence-electron chi connectivity index (χ0n) is 14.8. The number of halogens is 3. The van der Waals surface area contributed by atoms with Gasteiger partial charge in [0.1, 0.15) is 17.0 Å². The Morgan fingerprint density at radius 3 is 2.19 bits per heavy atom. The third-order valence-electron chi connectivity index (χ3n) is 4.08. The van der Waals surface area contributed by atoms with Gasteiger partial charge in [0.2, 0.25) is 0 Å². The van der Waals surface area contributed by atoms with Gasteiger partial charge in [-0.2, -0.15) is 0 Å². The lowest BCUT2D eigenvalue weighted by atomic mass is 10.0. The molecule has 5 nitrogen and oxygen atoms in total. The molecule has 1 heterocycles. The van der Waals surface area contributed by atoms with Crippen molar-refractivity contribution in [1.82, 2.24) is 9.55 Å². The summed E-state index contributed by atoms with van der Waals surface area (Å²) in [6.07, 6.45) is -4.74. The van der Waals surface area contributed by atoms with Gasteiger partial charge in [-0.1, -0.05) is 18.2 Å². The van der Waals surface area contributed by atoms with Crippen LogP contribution in [0.2, 0.25) is 0 Å².